The molecular weight excluding hydrogens is 242 g/mol. The molecule has 1 fully saturated rings. The fraction of sp³-hybridized carbons (Fsp3) is 0.571. The van der Waals surface area contributed by atoms with Crippen LogP contribution in [0, 0.1) is 0 Å². The largest absolute Gasteiger partial charge is 0.465 e. The summed E-state index contributed by atoms with van der Waals surface area (Å²) in [5.74, 6) is 0.412. The molecule has 2 rings (SSSR count). The third-order valence-corrected chi connectivity index (χ3v) is 3.49. The van der Waals surface area contributed by atoms with Crippen LogP contribution in [0.3, 0.4) is 0 Å². The monoisotopic (exact) mass is 263 g/mol. The summed E-state index contributed by atoms with van der Waals surface area (Å²) in [5, 5.41) is 3.40. The minimum Gasteiger partial charge on any atom is -0.465 e. The molecule has 1 N–H and O–H groups in total. The summed E-state index contributed by atoms with van der Waals surface area (Å²) in [6, 6.07) is 3.81. The summed E-state index contributed by atoms with van der Waals surface area (Å²) < 4.78 is 4.71. The van der Waals surface area contributed by atoms with Crippen molar-refractivity contribution in [1.29, 1.82) is 0 Å². The van der Waals surface area contributed by atoms with Crippen LogP contribution >= 0.6 is 0 Å². The number of rotatable bonds is 4. The molecule has 1 aromatic heterocycles. The normalized spacial score (nSPS) is 20.0. The van der Waals surface area contributed by atoms with Crippen molar-refractivity contribution in [3.05, 3.63) is 23.9 Å². The predicted octanol–water partition coefficient (Wildman–Crippen LogP) is 1.76. The van der Waals surface area contributed by atoms with Crippen LogP contribution in [0.1, 0.15) is 30.1 Å². The van der Waals surface area contributed by atoms with Crippen LogP contribution in [-0.4, -0.2) is 48.6 Å². The zero-order chi connectivity index (χ0) is 13.7. The average molecular weight is 263 g/mol. The number of hydrogen-bond donors (Lipinski definition) is 1. The van der Waals surface area contributed by atoms with Crippen molar-refractivity contribution in [2.75, 3.05) is 32.1 Å². The third-order valence-electron chi connectivity index (χ3n) is 3.49. The molecule has 0 saturated carbocycles. The molecule has 19 heavy (non-hydrogen) atoms. The van der Waals surface area contributed by atoms with E-state index < -0.39 is 0 Å². The van der Waals surface area contributed by atoms with E-state index in [-0.39, 0.29) is 5.97 Å². The summed E-state index contributed by atoms with van der Waals surface area (Å²) in [4.78, 5) is 18.2. The Morgan fingerprint density at radius 2 is 2.47 bits per heavy atom. The van der Waals surface area contributed by atoms with Crippen LogP contribution < -0.4 is 5.32 Å². The quantitative estimate of drug-likeness (QED) is 0.839. The van der Waals surface area contributed by atoms with E-state index >= 15 is 0 Å². The number of aromatic nitrogens is 1. The molecule has 0 bridgehead atoms. The van der Waals surface area contributed by atoms with E-state index in [1.165, 1.54) is 20.1 Å². The van der Waals surface area contributed by atoms with Gasteiger partial charge in [-0.2, -0.15) is 0 Å². The first-order chi connectivity index (χ1) is 9.22. The van der Waals surface area contributed by atoms with E-state index in [9.17, 15) is 4.79 Å². The van der Waals surface area contributed by atoms with Gasteiger partial charge >= 0.3 is 5.97 Å². The summed E-state index contributed by atoms with van der Waals surface area (Å²) >= 11 is 0. The Bertz CT molecular complexity index is 436. The summed E-state index contributed by atoms with van der Waals surface area (Å²) in [6.07, 6.45) is 3.97. The number of likely N-dealkylation sites (tertiary alicyclic amines) is 1. The maximum absolute atomic E-state index is 11.5. The molecule has 1 unspecified atom stereocenters. The van der Waals surface area contributed by atoms with E-state index in [0.29, 0.717) is 11.6 Å². The molecule has 1 saturated heterocycles. The highest BCUT2D eigenvalue weighted by Crippen LogP contribution is 2.15. The van der Waals surface area contributed by atoms with Crippen LogP contribution in [0.5, 0.6) is 0 Å². The van der Waals surface area contributed by atoms with Gasteiger partial charge in [0.2, 0.25) is 0 Å². The van der Waals surface area contributed by atoms with E-state index in [1.54, 1.807) is 18.3 Å². The van der Waals surface area contributed by atoms with Crippen LogP contribution in [0.15, 0.2) is 18.3 Å². The zero-order valence-corrected chi connectivity index (χ0v) is 11.6. The van der Waals surface area contributed by atoms with Gasteiger partial charge in [-0.1, -0.05) is 6.92 Å². The van der Waals surface area contributed by atoms with Crippen LogP contribution in [-0.2, 0) is 4.74 Å². The predicted molar refractivity (Wildman–Crippen MR) is 74.3 cm³/mol. The smallest absolute Gasteiger partial charge is 0.338 e. The number of ether oxygens (including phenoxy) is 1. The second-order valence-electron chi connectivity index (χ2n) is 4.80. The van der Waals surface area contributed by atoms with Crippen molar-refractivity contribution in [2.45, 2.75) is 25.8 Å². The van der Waals surface area contributed by atoms with Crippen LogP contribution in [0.4, 0.5) is 5.82 Å². The highest BCUT2D eigenvalue weighted by atomic mass is 16.5. The van der Waals surface area contributed by atoms with Gasteiger partial charge in [0.15, 0.2) is 0 Å². The summed E-state index contributed by atoms with van der Waals surface area (Å²) in [5.41, 5.74) is 0.531. The van der Waals surface area contributed by atoms with Gasteiger partial charge in [-0.05, 0) is 38.1 Å². The molecular formula is C14H21N3O2. The van der Waals surface area contributed by atoms with E-state index in [2.05, 4.69) is 22.1 Å². The van der Waals surface area contributed by atoms with Crippen molar-refractivity contribution < 1.29 is 9.53 Å². The van der Waals surface area contributed by atoms with Gasteiger partial charge in [0, 0.05) is 18.8 Å². The van der Waals surface area contributed by atoms with Gasteiger partial charge in [-0.15, -0.1) is 0 Å². The molecule has 5 nitrogen and oxygen atoms in total. The Morgan fingerprint density at radius 3 is 3.21 bits per heavy atom. The Balaban J connectivity index is 2.00. The van der Waals surface area contributed by atoms with E-state index in [4.69, 9.17) is 4.74 Å². The van der Waals surface area contributed by atoms with E-state index in [0.717, 1.165) is 25.3 Å². The third kappa shape index (κ3) is 3.67. The minimum atomic E-state index is -0.329. The van der Waals surface area contributed by atoms with Gasteiger partial charge in [-0.3, -0.25) is 0 Å². The first-order valence-electron chi connectivity index (χ1n) is 6.76. The number of nitrogens with one attached hydrogen (secondary N) is 1. The summed E-state index contributed by atoms with van der Waals surface area (Å²) in [6.45, 7) is 5.46. The number of carbonyl (C=O) groups excluding carboxylic acids is 1. The number of methoxy groups -OCH3 is 1. The van der Waals surface area contributed by atoms with Crippen molar-refractivity contribution in [2.24, 2.45) is 0 Å². The highest BCUT2D eigenvalue weighted by Gasteiger charge is 2.19. The molecule has 104 valence electrons. The molecule has 1 atom stereocenters. The number of likely N-dealkylation sites (N-methyl/N-ethyl adjacent to an activating group) is 1. The fourth-order valence-electron chi connectivity index (χ4n) is 2.42. The molecule has 0 amide bonds. The zero-order valence-electron chi connectivity index (χ0n) is 11.6. The molecule has 1 aromatic rings. The van der Waals surface area contributed by atoms with Crippen molar-refractivity contribution >= 4 is 11.8 Å². The maximum atomic E-state index is 11.5. The van der Waals surface area contributed by atoms with Crippen molar-refractivity contribution in [3.8, 4) is 0 Å². The molecule has 1 aliphatic heterocycles. The molecule has 0 spiro atoms. The SMILES string of the molecule is CCN1CCCC(Nc2cc(C(=O)OC)ccn2)C1. The molecule has 0 radical (unpaired) electrons. The van der Waals surface area contributed by atoms with Gasteiger partial charge in [0.1, 0.15) is 5.82 Å². The number of carbonyl (C=O) groups is 1. The van der Waals surface area contributed by atoms with Gasteiger partial charge in [0.05, 0.1) is 12.7 Å². The number of pyridine rings is 1. The molecule has 0 aromatic carbocycles. The van der Waals surface area contributed by atoms with Gasteiger partial charge < -0.3 is 15.0 Å². The lowest BCUT2D eigenvalue weighted by molar-refractivity contribution is 0.0600. The average Bonchev–Trinajstić information content (AvgIpc) is 2.47. The first-order valence-corrected chi connectivity index (χ1v) is 6.76. The van der Waals surface area contributed by atoms with Crippen molar-refractivity contribution in [3.63, 3.8) is 0 Å². The Labute approximate surface area is 114 Å². The first kappa shape index (κ1) is 13.8. The Kier molecular flexibility index (Phi) is 4.74. The standard InChI is InChI=1S/C14H21N3O2/c1-3-17-8-4-5-12(10-17)16-13-9-11(6-7-15-13)14(18)19-2/h6-7,9,12H,3-5,8,10H2,1-2H3,(H,15,16). The number of esters is 1. The van der Waals surface area contributed by atoms with E-state index in [1.807, 2.05) is 0 Å². The topological polar surface area (TPSA) is 54.5 Å². The highest BCUT2D eigenvalue weighted by molar-refractivity contribution is 5.89. The van der Waals surface area contributed by atoms with Gasteiger partial charge in [0.25, 0.3) is 0 Å². The second kappa shape index (κ2) is 6.52. The second-order valence-corrected chi connectivity index (χ2v) is 4.80. The number of piperidine rings is 1. The molecule has 0 aliphatic carbocycles. The lowest BCUT2D eigenvalue weighted by Gasteiger charge is -2.32. The fourth-order valence-corrected chi connectivity index (χ4v) is 2.42. The number of anilines is 1. The minimum absolute atomic E-state index is 0.329. The van der Waals surface area contributed by atoms with Crippen molar-refractivity contribution in [1.82, 2.24) is 9.88 Å². The van der Waals surface area contributed by atoms with Gasteiger partial charge in [-0.25, -0.2) is 9.78 Å². The van der Waals surface area contributed by atoms with Crippen LogP contribution in [0.2, 0.25) is 0 Å². The Morgan fingerprint density at radius 1 is 1.63 bits per heavy atom. The Hall–Kier alpha value is -1.62. The maximum Gasteiger partial charge on any atom is 0.338 e. The molecule has 2 heterocycles. The summed E-state index contributed by atoms with van der Waals surface area (Å²) in [7, 11) is 1.39. The lowest BCUT2D eigenvalue weighted by atomic mass is 10.1. The van der Waals surface area contributed by atoms with Crippen LogP contribution in [0.25, 0.3) is 0 Å². The lowest BCUT2D eigenvalue weighted by Crippen LogP contribution is -2.41. The molecule has 5 heteroatoms. The number of hydrogen-bond acceptors (Lipinski definition) is 5. The molecule has 1 aliphatic rings. The number of nitrogens with zero attached hydrogens (tertiary/aromatic N) is 2.